The molecule has 5 heteroatoms. The first-order valence-corrected chi connectivity index (χ1v) is 8.83. The van der Waals surface area contributed by atoms with Crippen LogP contribution in [0.1, 0.15) is 27.0 Å². The number of hydrogen-bond acceptors (Lipinski definition) is 4. The van der Waals surface area contributed by atoms with Crippen molar-refractivity contribution in [2.75, 3.05) is 26.2 Å². The lowest BCUT2D eigenvalue weighted by atomic mass is 10.1. The van der Waals surface area contributed by atoms with Crippen LogP contribution >= 0.6 is 0 Å². The molecule has 2 aliphatic rings. The molecule has 130 valence electrons. The summed E-state index contributed by atoms with van der Waals surface area (Å²) in [4.78, 5) is 14.2. The molecular formula is C20H23N3O2. The number of benzene rings is 2. The fourth-order valence-corrected chi connectivity index (χ4v) is 3.39. The predicted molar refractivity (Wildman–Crippen MR) is 96.5 cm³/mol. The molecule has 1 saturated heterocycles. The largest absolute Gasteiger partial charge is 0.489 e. The Kier molecular flexibility index (Phi) is 4.68. The number of piperazine rings is 1. The Morgan fingerprint density at radius 3 is 2.56 bits per heavy atom. The number of nitrogens with zero attached hydrogens (tertiary/aromatic N) is 1. The molecule has 2 N–H and O–H groups in total. The van der Waals surface area contributed by atoms with Crippen LogP contribution in [0.2, 0.25) is 0 Å². The van der Waals surface area contributed by atoms with Crippen LogP contribution in [0.3, 0.4) is 0 Å². The normalized spacial score (nSPS) is 17.2. The third-order valence-electron chi connectivity index (χ3n) is 4.84. The molecule has 0 spiro atoms. The summed E-state index contributed by atoms with van der Waals surface area (Å²) in [5.74, 6) is 0.776. The monoisotopic (exact) mass is 337 g/mol. The second-order valence-corrected chi connectivity index (χ2v) is 6.60. The molecule has 2 aromatic carbocycles. The van der Waals surface area contributed by atoms with Crippen LogP contribution in [-0.4, -0.2) is 37.0 Å². The van der Waals surface area contributed by atoms with E-state index in [1.807, 2.05) is 18.2 Å². The lowest BCUT2D eigenvalue weighted by Crippen LogP contribution is -2.42. The highest BCUT2D eigenvalue weighted by atomic mass is 16.5. The molecule has 0 unspecified atom stereocenters. The molecule has 0 aliphatic carbocycles. The molecular weight excluding hydrogens is 314 g/mol. The highest BCUT2D eigenvalue weighted by molar-refractivity contribution is 5.99. The average molecular weight is 337 g/mol. The topological polar surface area (TPSA) is 53.6 Å². The van der Waals surface area contributed by atoms with Crippen LogP contribution in [-0.2, 0) is 19.7 Å². The minimum Gasteiger partial charge on any atom is -0.489 e. The van der Waals surface area contributed by atoms with E-state index in [9.17, 15) is 4.79 Å². The number of hydrogen-bond donors (Lipinski definition) is 2. The zero-order valence-corrected chi connectivity index (χ0v) is 14.3. The molecule has 2 aromatic rings. The molecule has 2 aliphatic heterocycles. The van der Waals surface area contributed by atoms with Gasteiger partial charge in [-0.2, -0.15) is 0 Å². The van der Waals surface area contributed by atoms with Gasteiger partial charge in [-0.1, -0.05) is 30.3 Å². The van der Waals surface area contributed by atoms with Crippen molar-refractivity contribution in [3.8, 4) is 5.75 Å². The molecule has 0 radical (unpaired) electrons. The number of amides is 1. The third-order valence-corrected chi connectivity index (χ3v) is 4.84. The third kappa shape index (κ3) is 3.67. The van der Waals surface area contributed by atoms with Gasteiger partial charge in [0.2, 0.25) is 0 Å². The van der Waals surface area contributed by atoms with Crippen molar-refractivity contribution >= 4 is 5.91 Å². The van der Waals surface area contributed by atoms with E-state index in [2.05, 4.69) is 39.8 Å². The van der Waals surface area contributed by atoms with Crippen molar-refractivity contribution in [2.24, 2.45) is 0 Å². The first-order chi connectivity index (χ1) is 12.3. The number of fused-ring (bicyclic) bond motifs is 1. The zero-order valence-electron chi connectivity index (χ0n) is 14.3. The van der Waals surface area contributed by atoms with E-state index in [0.29, 0.717) is 13.2 Å². The molecule has 5 nitrogen and oxygen atoms in total. The summed E-state index contributed by atoms with van der Waals surface area (Å²) < 4.78 is 5.96. The van der Waals surface area contributed by atoms with Gasteiger partial charge in [-0.15, -0.1) is 0 Å². The zero-order chi connectivity index (χ0) is 17.1. The van der Waals surface area contributed by atoms with Crippen LogP contribution < -0.4 is 15.4 Å². The van der Waals surface area contributed by atoms with E-state index >= 15 is 0 Å². The van der Waals surface area contributed by atoms with Crippen LogP contribution in [0.25, 0.3) is 0 Å². The molecule has 25 heavy (non-hydrogen) atoms. The number of carbonyl (C=O) groups is 1. The van der Waals surface area contributed by atoms with Crippen LogP contribution in [0.15, 0.2) is 42.5 Å². The highest BCUT2D eigenvalue weighted by Gasteiger charge is 2.21. The summed E-state index contributed by atoms with van der Waals surface area (Å²) in [5, 5.41) is 6.22. The number of ether oxygens (including phenoxy) is 1. The van der Waals surface area contributed by atoms with Crippen LogP contribution in [0, 0.1) is 0 Å². The smallest absolute Gasteiger partial charge is 0.252 e. The Morgan fingerprint density at radius 2 is 1.76 bits per heavy atom. The maximum absolute atomic E-state index is 11.7. The van der Waals surface area contributed by atoms with Gasteiger partial charge in [0, 0.05) is 50.4 Å². The van der Waals surface area contributed by atoms with Gasteiger partial charge in [-0.05, 0) is 23.3 Å². The molecule has 0 saturated carbocycles. The van der Waals surface area contributed by atoms with E-state index in [1.165, 1.54) is 5.56 Å². The Bertz CT molecular complexity index is 752. The van der Waals surface area contributed by atoms with Gasteiger partial charge in [0.05, 0.1) is 0 Å². The van der Waals surface area contributed by atoms with E-state index in [1.54, 1.807) is 0 Å². The van der Waals surface area contributed by atoms with E-state index < -0.39 is 0 Å². The minimum atomic E-state index is -0.0160. The fraction of sp³-hybridized carbons (Fsp3) is 0.350. The van der Waals surface area contributed by atoms with Gasteiger partial charge in [0.1, 0.15) is 12.4 Å². The maximum atomic E-state index is 11.7. The van der Waals surface area contributed by atoms with Gasteiger partial charge >= 0.3 is 0 Å². The van der Waals surface area contributed by atoms with Gasteiger partial charge in [0.15, 0.2) is 0 Å². The molecule has 4 rings (SSSR count). The maximum Gasteiger partial charge on any atom is 0.252 e. The van der Waals surface area contributed by atoms with Crippen molar-refractivity contribution < 1.29 is 9.53 Å². The van der Waals surface area contributed by atoms with Gasteiger partial charge in [-0.25, -0.2) is 0 Å². The number of carbonyl (C=O) groups excluding carboxylic acids is 1. The second kappa shape index (κ2) is 7.25. The lowest BCUT2D eigenvalue weighted by Gasteiger charge is -2.27. The van der Waals surface area contributed by atoms with Crippen LogP contribution in [0.5, 0.6) is 5.75 Å². The quantitative estimate of drug-likeness (QED) is 0.875. The van der Waals surface area contributed by atoms with Gasteiger partial charge in [0.25, 0.3) is 5.91 Å². The molecule has 0 bridgehead atoms. The summed E-state index contributed by atoms with van der Waals surface area (Å²) in [5.41, 5.74) is 4.16. The summed E-state index contributed by atoms with van der Waals surface area (Å²) in [7, 11) is 0. The van der Waals surface area contributed by atoms with Crippen molar-refractivity contribution in [1.82, 2.24) is 15.5 Å². The van der Waals surface area contributed by atoms with Crippen molar-refractivity contribution in [3.05, 3.63) is 64.7 Å². The van der Waals surface area contributed by atoms with E-state index in [0.717, 1.165) is 55.2 Å². The SMILES string of the molecule is O=C1NCc2c(OCc3ccc(CN4CCNCC4)cc3)cccc21. The second-order valence-electron chi connectivity index (χ2n) is 6.60. The van der Waals surface area contributed by atoms with Gasteiger partial charge in [-0.3, -0.25) is 9.69 Å². The van der Waals surface area contributed by atoms with E-state index in [-0.39, 0.29) is 5.91 Å². The molecule has 1 amide bonds. The molecule has 2 heterocycles. The van der Waals surface area contributed by atoms with Crippen molar-refractivity contribution in [3.63, 3.8) is 0 Å². The summed E-state index contributed by atoms with van der Waals surface area (Å²) in [6.45, 7) is 6.43. The summed E-state index contributed by atoms with van der Waals surface area (Å²) in [6, 6.07) is 14.3. The number of rotatable bonds is 5. The van der Waals surface area contributed by atoms with Crippen molar-refractivity contribution in [2.45, 2.75) is 19.7 Å². The molecule has 1 fully saturated rings. The van der Waals surface area contributed by atoms with Gasteiger partial charge < -0.3 is 15.4 Å². The lowest BCUT2D eigenvalue weighted by molar-refractivity contribution is 0.0965. The molecule has 0 atom stereocenters. The number of nitrogens with one attached hydrogen (secondary N) is 2. The van der Waals surface area contributed by atoms with E-state index in [4.69, 9.17) is 4.74 Å². The highest BCUT2D eigenvalue weighted by Crippen LogP contribution is 2.27. The predicted octanol–water partition coefficient (Wildman–Crippen LogP) is 1.91. The first kappa shape index (κ1) is 16.1. The minimum absolute atomic E-state index is 0.0160. The Labute approximate surface area is 148 Å². The van der Waals surface area contributed by atoms with Crippen LogP contribution in [0.4, 0.5) is 0 Å². The standard InChI is InChI=1S/C20H23N3O2/c24-20-17-2-1-3-19(18(17)12-22-20)25-14-16-6-4-15(5-7-16)13-23-10-8-21-9-11-23/h1-7,21H,8-14H2,(H,22,24). The fourth-order valence-electron chi connectivity index (χ4n) is 3.39. The Morgan fingerprint density at radius 1 is 1.00 bits per heavy atom. The Hall–Kier alpha value is -2.37. The molecule has 0 aromatic heterocycles. The average Bonchev–Trinajstić information content (AvgIpc) is 3.04. The summed E-state index contributed by atoms with van der Waals surface area (Å²) in [6.07, 6.45) is 0. The Balaban J connectivity index is 1.37. The van der Waals surface area contributed by atoms with Crippen molar-refractivity contribution in [1.29, 1.82) is 0 Å². The first-order valence-electron chi connectivity index (χ1n) is 8.83. The summed E-state index contributed by atoms with van der Waals surface area (Å²) >= 11 is 0.